The van der Waals surface area contributed by atoms with E-state index in [1.807, 2.05) is 53.6 Å². The first-order valence-electron chi connectivity index (χ1n) is 8.72. The lowest BCUT2D eigenvalue weighted by molar-refractivity contribution is 0.0976. The highest BCUT2D eigenvalue weighted by molar-refractivity contribution is 6.06. The summed E-state index contributed by atoms with van der Waals surface area (Å²) >= 11 is 0. The van der Waals surface area contributed by atoms with Crippen LogP contribution in [0.25, 0.3) is 0 Å². The van der Waals surface area contributed by atoms with E-state index in [4.69, 9.17) is 0 Å². The number of nitrogens with one attached hydrogen (secondary N) is 1. The van der Waals surface area contributed by atoms with Crippen molar-refractivity contribution in [3.63, 3.8) is 0 Å². The minimum absolute atomic E-state index is 0.0625. The van der Waals surface area contributed by atoms with Crippen LogP contribution >= 0.6 is 0 Å². The van der Waals surface area contributed by atoms with Crippen LogP contribution in [0.15, 0.2) is 67.1 Å². The number of nitrogens with zero attached hydrogens (tertiary/aromatic N) is 3. The van der Waals surface area contributed by atoms with Crippen LogP contribution in [0.3, 0.4) is 0 Å². The van der Waals surface area contributed by atoms with Crippen molar-refractivity contribution in [3.05, 3.63) is 83.9 Å². The molecule has 0 saturated carbocycles. The molecule has 26 heavy (non-hydrogen) atoms. The van der Waals surface area contributed by atoms with E-state index in [2.05, 4.69) is 28.3 Å². The van der Waals surface area contributed by atoms with Crippen LogP contribution in [0.5, 0.6) is 0 Å². The molecule has 1 atom stereocenters. The summed E-state index contributed by atoms with van der Waals surface area (Å²) in [6.07, 6.45) is 6.12. The molecule has 1 N–H and O–H groups in total. The van der Waals surface area contributed by atoms with Gasteiger partial charge in [-0.2, -0.15) is 0 Å². The van der Waals surface area contributed by atoms with Gasteiger partial charge in [-0.15, -0.1) is 0 Å². The molecule has 1 unspecified atom stereocenters. The minimum atomic E-state index is -0.0625. The van der Waals surface area contributed by atoms with Crippen LogP contribution in [-0.2, 0) is 13.0 Å². The molecule has 2 aromatic heterocycles. The predicted octanol–water partition coefficient (Wildman–Crippen LogP) is 3.68. The Bertz CT molecular complexity index is 926. The van der Waals surface area contributed by atoms with Crippen molar-refractivity contribution in [1.82, 2.24) is 9.97 Å². The van der Waals surface area contributed by atoms with Gasteiger partial charge in [0.15, 0.2) is 0 Å². The normalized spacial score (nSPS) is 15.6. The van der Waals surface area contributed by atoms with Crippen molar-refractivity contribution in [2.24, 2.45) is 0 Å². The number of anilines is 2. The van der Waals surface area contributed by atoms with E-state index < -0.39 is 0 Å². The number of pyridine rings is 2. The number of aromatic nitrogens is 2. The van der Waals surface area contributed by atoms with Gasteiger partial charge in [0.1, 0.15) is 5.69 Å². The number of hydrogen-bond acceptors (Lipinski definition) is 4. The lowest BCUT2D eigenvalue weighted by Crippen LogP contribution is -2.36. The SMILES string of the molecule is CC1Cc2ccccc2N1C(=O)c1cc(NCc2cccnc2)ccn1. The van der Waals surface area contributed by atoms with Crippen molar-refractivity contribution < 1.29 is 4.79 Å². The van der Waals surface area contributed by atoms with Crippen molar-refractivity contribution >= 4 is 17.3 Å². The zero-order valence-corrected chi connectivity index (χ0v) is 14.6. The van der Waals surface area contributed by atoms with E-state index in [9.17, 15) is 4.79 Å². The molecule has 1 amide bonds. The van der Waals surface area contributed by atoms with Crippen molar-refractivity contribution in [1.29, 1.82) is 0 Å². The topological polar surface area (TPSA) is 58.1 Å². The summed E-state index contributed by atoms with van der Waals surface area (Å²) in [6.45, 7) is 2.72. The highest BCUT2D eigenvalue weighted by atomic mass is 16.2. The van der Waals surface area contributed by atoms with Crippen LogP contribution in [0.2, 0.25) is 0 Å². The van der Waals surface area contributed by atoms with Crippen LogP contribution in [0.4, 0.5) is 11.4 Å². The van der Waals surface area contributed by atoms with Gasteiger partial charge in [-0.05, 0) is 48.7 Å². The van der Waals surface area contributed by atoms with Crippen LogP contribution in [0, 0.1) is 0 Å². The molecule has 5 heteroatoms. The summed E-state index contributed by atoms with van der Waals surface area (Å²) in [4.78, 5) is 23.3. The maximum Gasteiger partial charge on any atom is 0.277 e. The third kappa shape index (κ3) is 3.16. The average Bonchev–Trinajstić information content (AvgIpc) is 3.02. The van der Waals surface area contributed by atoms with Gasteiger partial charge in [-0.3, -0.25) is 14.8 Å². The number of amides is 1. The first kappa shape index (κ1) is 16.3. The van der Waals surface area contributed by atoms with Crippen molar-refractivity contribution in [3.8, 4) is 0 Å². The van der Waals surface area contributed by atoms with Gasteiger partial charge >= 0.3 is 0 Å². The molecule has 1 aliphatic heterocycles. The molecule has 0 fully saturated rings. The Balaban J connectivity index is 1.54. The van der Waals surface area contributed by atoms with E-state index in [1.54, 1.807) is 12.4 Å². The Morgan fingerprint density at radius 1 is 1.19 bits per heavy atom. The largest absolute Gasteiger partial charge is 0.381 e. The number of carbonyl (C=O) groups excluding carboxylic acids is 1. The third-order valence-corrected chi connectivity index (χ3v) is 4.62. The van der Waals surface area contributed by atoms with E-state index in [-0.39, 0.29) is 11.9 Å². The molecule has 0 saturated heterocycles. The number of benzene rings is 1. The molecular weight excluding hydrogens is 324 g/mol. The number of hydrogen-bond donors (Lipinski definition) is 1. The number of para-hydroxylation sites is 1. The fourth-order valence-corrected chi connectivity index (χ4v) is 3.36. The minimum Gasteiger partial charge on any atom is -0.381 e. The third-order valence-electron chi connectivity index (χ3n) is 4.62. The molecule has 5 nitrogen and oxygen atoms in total. The van der Waals surface area contributed by atoms with Gasteiger partial charge in [-0.25, -0.2) is 0 Å². The number of carbonyl (C=O) groups is 1. The van der Waals surface area contributed by atoms with Crippen LogP contribution in [-0.4, -0.2) is 21.9 Å². The predicted molar refractivity (Wildman–Crippen MR) is 102 cm³/mol. The van der Waals surface area contributed by atoms with Gasteiger partial charge in [0.05, 0.1) is 0 Å². The molecule has 0 radical (unpaired) electrons. The summed E-state index contributed by atoms with van der Waals surface area (Å²) in [5.41, 5.74) is 4.59. The van der Waals surface area contributed by atoms with E-state index >= 15 is 0 Å². The first-order chi connectivity index (χ1) is 12.7. The fourth-order valence-electron chi connectivity index (χ4n) is 3.36. The lowest BCUT2D eigenvalue weighted by Gasteiger charge is -2.22. The smallest absolute Gasteiger partial charge is 0.277 e. The summed E-state index contributed by atoms with van der Waals surface area (Å²) in [6, 6.07) is 15.8. The Kier molecular flexibility index (Phi) is 4.35. The van der Waals surface area contributed by atoms with Gasteiger partial charge in [-0.1, -0.05) is 24.3 Å². The molecule has 3 aromatic rings. The monoisotopic (exact) mass is 344 g/mol. The zero-order chi connectivity index (χ0) is 17.9. The van der Waals surface area contributed by atoms with E-state index in [1.165, 1.54) is 5.56 Å². The Labute approximate surface area is 152 Å². The van der Waals surface area contributed by atoms with E-state index in [0.29, 0.717) is 12.2 Å². The second kappa shape index (κ2) is 6.96. The second-order valence-electron chi connectivity index (χ2n) is 6.50. The number of rotatable bonds is 4. The summed E-state index contributed by atoms with van der Waals surface area (Å²) in [7, 11) is 0. The Hall–Kier alpha value is -3.21. The molecule has 0 bridgehead atoms. The van der Waals surface area contributed by atoms with Crippen LogP contribution < -0.4 is 10.2 Å². The molecule has 4 rings (SSSR count). The molecule has 1 aliphatic rings. The maximum absolute atomic E-state index is 13.1. The van der Waals surface area contributed by atoms with Gasteiger partial charge in [0.2, 0.25) is 0 Å². The van der Waals surface area contributed by atoms with Gasteiger partial charge in [0.25, 0.3) is 5.91 Å². The first-order valence-corrected chi connectivity index (χ1v) is 8.72. The van der Waals surface area contributed by atoms with E-state index in [0.717, 1.165) is 23.4 Å². The van der Waals surface area contributed by atoms with Gasteiger partial charge < -0.3 is 10.2 Å². The highest BCUT2D eigenvalue weighted by Gasteiger charge is 2.31. The Morgan fingerprint density at radius 2 is 2.08 bits per heavy atom. The number of fused-ring (bicyclic) bond motifs is 1. The molecule has 0 spiro atoms. The average molecular weight is 344 g/mol. The molecule has 1 aromatic carbocycles. The standard InChI is InChI=1S/C21H20N4O/c1-15-11-17-6-2-3-7-20(17)25(15)21(26)19-12-18(8-10-23-19)24-14-16-5-4-9-22-13-16/h2-10,12-13,15H,11,14H2,1H3,(H,23,24). The zero-order valence-electron chi connectivity index (χ0n) is 14.6. The van der Waals surface area contributed by atoms with Gasteiger partial charge in [0, 0.05) is 42.6 Å². The summed E-state index contributed by atoms with van der Waals surface area (Å²) in [5.74, 6) is -0.0625. The Morgan fingerprint density at radius 3 is 2.92 bits per heavy atom. The molecule has 130 valence electrons. The second-order valence-corrected chi connectivity index (χ2v) is 6.50. The summed E-state index contributed by atoms with van der Waals surface area (Å²) in [5, 5.41) is 3.33. The molecular formula is C21H20N4O. The van der Waals surface area contributed by atoms with Crippen molar-refractivity contribution in [2.75, 3.05) is 10.2 Å². The quantitative estimate of drug-likeness (QED) is 0.784. The molecule has 3 heterocycles. The highest BCUT2D eigenvalue weighted by Crippen LogP contribution is 2.33. The lowest BCUT2D eigenvalue weighted by atomic mass is 10.1. The van der Waals surface area contributed by atoms with Crippen molar-refractivity contribution in [2.45, 2.75) is 25.9 Å². The van der Waals surface area contributed by atoms with Crippen LogP contribution in [0.1, 0.15) is 28.5 Å². The maximum atomic E-state index is 13.1. The molecule has 0 aliphatic carbocycles. The fraction of sp³-hybridized carbons (Fsp3) is 0.190. The summed E-state index contributed by atoms with van der Waals surface area (Å²) < 4.78 is 0.